The maximum Gasteiger partial charge on any atom is 0.407 e. The van der Waals surface area contributed by atoms with E-state index in [4.69, 9.17) is 15.2 Å². The summed E-state index contributed by atoms with van der Waals surface area (Å²) in [6, 6.07) is 7.27. The lowest BCUT2D eigenvalue weighted by Crippen LogP contribution is -2.41. The van der Waals surface area contributed by atoms with Crippen LogP contribution in [0.4, 0.5) is 10.5 Å². The van der Waals surface area contributed by atoms with Crippen molar-refractivity contribution in [3.63, 3.8) is 0 Å². The highest BCUT2D eigenvalue weighted by atomic mass is 16.5. The summed E-state index contributed by atoms with van der Waals surface area (Å²) in [7, 11) is 0. The van der Waals surface area contributed by atoms with Gasteiger partial charge in [-0.2, -0.15) is 0 Å². The number of hydrogen-bond donors (Lipinski definition) is 2. The quantitative estimate of drug-likeness (QED) is 0.620. The van der Waals surface area contributed by atoms with Crippen molar-refractivity contribution in [3.8, 4) is 5.75 Å². The van der Waals surface area contributed by atoms with Crippen LogP contribution in [0.3, 0.4) is 0 Å². The lowest BCUT2D eigenvalue weighted by atomic mass is 10.1. The van der Waals surface area contributed by atoms with Gasteiger partial charge < -0.3 is 20.5 Å². The van der Waals surface area contributed by atoms with Gasteiger partial charge in [-0.3, -0.25) is 0 Å². The van der Waals surface area contributed by atoms with E-state index in [2.05, 4.69) is 5.32 Å². The molecule has 0 saturated heterocycles. The number of nitrogens with one attached hydrogen (secondary N) is 1. The Morgan fingerprint density at radius 3 is 2.35 bits per heavy atom. The molecule has 3 N–H and O–H groups in total. The molecule has 0 aliphatic rings. The van der Waals surface area contributed by atoms with Crippen LogP contribution in [0.2, 0.25) is 0 Å². The molecule has 0 bridgehead atoms. The molecule has 5 heteroatoms. The van der Waals surface area contributed by atoms with Crippen molar-refractivity contribution in [1.29, 1.82) is 0 Å². The summed E-state index contributed by atoms with van der Waals surface area (Å²) in [6.45, 7) is 6.72. The molecule has 0 aliphatic heterocycles. The maximum atomic E-state index is 11.4. The van der Waals surface area contributed by atoms with Gasteiger partial charge in [-0.1, -0.05) is 0 Å². The van der Waals surface area contributed by atoms with Crippen molar-refractivity contribution in [3.05, 3.63) is 24.3 Å². The number of benzene rings is 1. The van der Waals surface area contributed by atoms with Gasteiger partial charge in [0.25, 0.3) is 0 Å². The van der Waals surface area contributed by atoms with E-state index in [-0.39, 0.29) is 11.6 Å². The number of ether oxygens (including phenoxy) is 2. The van der Waals surface area contributed by atoms with Crippen molar-refractivity contribution >= 4 is 11.8 Å². The Hall–Kier alpha value is -1.91. The molecule has 1 amide bonds. The van der Waals surface area contributed by atoms with Gasteiger partial charge in [0.05, 0.1) is 13.2 Å². The second-order valence-electron chi connectivity index (χ2n) is 5.64. The van der Waals surface area contributed by atoms with Crippen molar-refractivity contribution in [2.45, 2.75) is 39.2 Å². The number of amides is 1. The normalized spacial score (nSPS) is 10.9. The van der Waals surface area contributed by atoms with Crippen LogP contribution in [-0.2, 0) is 4.74 Å². The van der Waals surface area contributed by atoms with Gasteiger partial charge in [-0.15, -0.1) is 0 Å². The number of hydrogen-bond acceptors (Lipinski definition) is 4. The summed E-state index contributed by atoms with van der Waals surface area (Å²) >= 11 is 0. The minimum absolute atomic E-state index is 0.269. The zero-order valence-electron chi connectivity index (χ0n) is 12.4. The van der Waals surface area contributed by atoms with Crippen LogP contribution in [0, 0.1) is 0 Å². The van der Waals surface area contributed by atoms with Gasteiger partial charge in [0.2, 0.25) is 0 Å². The minimum atomic E-state index is -0.378. The number of alkyl carbamates (subject to hydrolysis) is 1. The Bertz CT molecular complexity index is 410. The first-order valence-electron chi connectivity index (χ1n) is 6.80. The van der Waals surface area contributed by atoms with Gasteiger partial charge in [0, 0.05) is 11.2 Å². The largest absolute Gasteiger partial charge is 0.494 e. The van der Waals surface area contributed by atoms with Crippen LogP contribution in [-0.4, -0.2) is 24.8 Å². The average Bonchev–Trinajstić information content (AvgIpc) is 2.33. The molecular weight excluding hydrogens is 256 g/mol. The summed E-state index contributed by atoms with van der Waals surface area (Å²) in [4.78, 5) is 11.4. The number of nitrogen functional groups attached to an aromatic ring is 1. The summed E-state index contributed by atoms with van der Waals surface area (Å²) in [6.07, 6.45) is 1.22. The van der Waals surface area contributed by atoms with E-state index < -0.39 is 0 Å². The predicted molar refractivity (Wildman–Crippen MR) is 79.8 cm³/mol. The molecule has 0 atom stereocenters. The molecule has 0 saturated carbocycles. The number of rotatable bonds is 6. The summed E-state index contributed by atoms with van der Waals surface area (Å²) < 4.78 is 10.6. The highest BCUT2D eigenvalue weighted by molar-refractivity contribution is 5.67. The molecule has 1 rings (SSSR count). The van der Waals surface area contributed by atoms with Crippen LogP contribution >= 0.6 is 0 Å². The van der Waals surface area contributed by atoms with Crippen LogP contribution in [0.5, 0.6) is 5.75 Å². The maximum absolute atomic E-state index is 11.4. The second-order valence-corrected chi connectivity index (χ2v) is 5.64. The summed E-state index contributed by atoms with van der Waals surface area (Å²) in [5.74, 6) is 0.797. The Morgan fingerprint density at radius 1 is 1.15 bits per heavy atom. The fraction of sp³-hybridized carbons (Fsp3) is 0.533. The van der Waals surface area contributed by atoms with Crippen molar-refractivity contribution in [1.82, 2.24) is 5.32 Å². The minimum Gasteiger partial charge on any atom is -0.494 e. The zero-order chi connectivity index (χ0) is 15.0. The molecule has 0 aromatic heterocycles. The zero-order valence-corrected chi connectivity index (χ0v) is 12.4. The van der Waals surface area contributed by atoms with E-state index in [1.54, 1.807) is 12.1 Å². The van der Waals surface area contributed by atoms with Gasteiger partial charge in [-0.05, 0) is 57.9 Å². The Kier molecular flexibility index (Phi) is 6.15. The van der Waals surface area contributed by atoms with Crippen LogP contribution in [0.15, 0.2) is 24.3 Å². The van der Waals surface area contributed by atoms with E-state index in [1.165, 1.54) is 0 Å². The van der Waals surface area contributed by atoms with Gasteiger partial charge in [0.1, 0.15) is 5.75 Å². The third-order valence-corrected chi connectivity index (χ3v) is 2.40. The summed E-state index contributed by atoms with van der Waals surface area (Å²) in [5.41, 5.74) is 6.03. The van der Waals surface area contributed by atoms with E-state index in [0.29, 0.717) is 13.2 Å². The molecule has 1 aromatic rings. The number of anilines is 1. The molecular formula is C15H24N2O3. The first-order valence-corrected chi connectivity index (χ1v) is 6.80. The molecule has 1 aromatic carbocycles. The average molecular weight is 280 g/mol. The Labute approximate surface area is 120 Å². The van der Waals surface area contributed by atoms with E-state index in [0.717, 1.165) is 24.3 Å². The first kappa shape index (κ1) is 16.1. The Morgan fingerprint density at radius 2 is 1.75 bits per heavy atom. The Balaban J connectivity index is 2.05. The van der Waals surface area contributed by atoms with Gasteiger partial charge in [-0.25, -0.2) is 4.79 Å². The smallest absolute Gasteiger partial charge is 0.407 e. The third kappa shape index (κ3) is 7.51. The number of unbranched alkanes of at least 4 members (excludes halogenated alkanes) is 1. The molecule has 0 heterocycles. The molecule has 0 radical (unpaired) electrons. The van der Waals surface area contributed by atoms with E-state index in [1.807, 2.05) is 32.9 Å². The van der Waals surface area contributed by atoms with E-state index in [9.17, 15) is 4.79 Å². The monoisotopic (exact) mass is 280 g/mol. The lowest BCUT2D eigenvalue weighted by Gasteiger charge is -2.19. The van der Waals surface area contributed by atoms with Crippen molar-refractivity contribution in [2.75, 3.05) is 18.9 Å². The summed E-state index contributed by atoms with van der Waals surface area (Å²) in [5, 5.41) is 2.74. The molecule has 0 unspecified atom stereocenters. The highest BCUT2D eigenvalue weighted by Gasteiger charge is 2.13. The molecule has 5 nitrogen and oxygen atoms in total. The lowest BCUT2D eigenvalue weighted by molar-refractivity contribution is 0.133. The second kappa shape index (κ2) is 7.62. The first-order chi connectivity index (χ1) is 9.37. The number of carbonyl (C=O) groups is 1. The SMILES string of the molecule is CC(C)(C)NC(=O)OCCCCOc1ccc(N)cc1. The molecule has 0 aliphatic carbocycles. The molecule has 0 spiro atoms. The molecule has 20 heavy (non-hydrogen) atoms. The van der Waals surface area contributed by atoms with Crippen LogP contribution < -0.4 is 15.8 Å². The number of nitrogens with two attached hydrogens (primary N) is 1. The third-order valence-electron chi connectivity index (χ3n) is 2.40. The fourth-order valence-corrected chi connectivity index (χ4v) is 1.47. The molecule has 112 valence electrons. The van der Waals surface area contributed by atoms with Gasteiger partial charge >= 0.3 is 6.09 Å². The molecule has 0 fully saturated rings. The van der Waals surface area contributed by atoms with Gasteiger partial charge in [0.15, 0.2) is 0 Å². The highest BCUT2D eigenvalue weighted by Crippen LogP contribution is 2.13. The standard InChI is InChI=1S/C15H24N2O3/c1-15(2,3)17-14(18)20-11-5-4-10-19-13-8-6-12(16)7-9-13/h6-9H,4-5,10-11,16H2,1-3H3,(H,17,18). The number of carbonyl (C=O) groups excluding carboxylic acids is 1. The van der Waals surface area contributed by atoms with Crippen molar-refractivity contribution in [2.24, 2.45) is 0 Å². The fourth-order valence-electron chi connectivity index (χ4n) is 1.47. The van der Waals surface area contributed by atoms with Crippen molar-refractivity contribution < 1.29 is 14.3 Å². The van der Waals surface area contributed by atoms with Crippen LogP contribution in [0.25, 0.3) is 0 Å². The predicted octanol–water partition coefficient (Wildman–Crippen LogP) is 2.95. The van der Waals surface area contributed by atoms with E-state index >= 15 is 0 Å². The van der Waals surface area contributed by atoms with Crippen LogP contribution in [0.1, 0.15) is 33.6 Å². The topological polar surface area (TPSA) is 73.6 Å².